The van der Waals surface area contributed by atoms with Crippen molar-refractivity contribution < 1.29 is 0 Å². The molecule has 1 aromatic carbocycles. The number of nitrogens with zero attached hydrogens (tertiary/aromatic N) is 1. The smallest absolute Gasteiger partial charge is 0.0366 e. The van der Waals surface area contributed by atoms with Gasteiger partial charge in [0.15, 0.2) is 0 Å². The summed E-state index contributed by atoms with van der Waals surface area (Å²) >= 11 is 0. The fraction of sp³-hybridized carbons (Fsp3) is 0.538. The van der Waals surface area contributed by atoms with Gasteiger partial charge in [-0.3, -0.25) is 0 Å². The van der Waals surface area contributed by atoms with Gasteiger partial charge in [0.1, 0.15) is 0 Å². The highest BCUT2D eigenvalue weighted by molar-refractivity contribution is 5.49. The number of nitrogens with two attached hydrogens (primary N) is 1. The van der Waals surface area contributed by atoms with Gasteiger partial charge in [0.25, 0.3) is 0 Å². The van der Waals surface area contributed by atoms with E-state index >= 15 is 0 Å². The third kappa shape index (κ3) is 3.24. The lowest BCUT2D eigenvalue weighted by atomic mass is 10.1. The average Bonchev–Trinajstić information content (AvgIpc) is 2.21. The van der Waals surface area contributed by atoms with Crippen molar-refractivity contribution in [2.24, 2.45) is 11.7 Å². The quantitative estimate of drug-likeness (QED) is 0.819. The maximum atomic E-state index is 5.63. The SMILES string of the molecule is Cc1ccc(N(C)CC(C)CN)cc1C. The second kappa shape index (κ2) is 5.17. The third-order valence-corrected chi connectivity index (χ3v) is 2.92. The van der Waals surface area contributed by atoms with Gasteiger partial charge in [0.05, 0.1) is 0 Å². The van der Waals surface area contributed by atoms with E-state index in [4.69, 9.17) is 5.73 Å². The van der Waals surface area contributed by atoms with Crippen molar-refractivity contribution in [3.05, 3.63) is 29.3 Å². The predicted octanol–water partition coefficient (Wildman–Crippen LogP) is 2.33. The minimum absolute atomic E-state index is 0.539. The summed E-state index contributed by atoms with van der Waals surface area (Å²) in [5.41, 5.74) is 9.60. The molecule has 84 valence electrons. The largest absolute Gasteiger partial charge is 0.374 e. The van der Waals surface area contributed by atoms with E-state index in [0.717, 1.165) is 13.1 Å². The highest BCUT2D eigenvalue weighted by Gasteiger charge is 2.06. The van der Waals surface area contributed by atoms with E-state index in [1.807, 2.05) is 0 Å². The van der Waals surface area contributed by atoms with Gasteiger partial charge in [-0.2, -0.15) is 0 Å². The van der Waals surface area contributed by atoms with Gasteiger partial charge in [-0.15, -0.1) is 0 Å². The van der Waals surface area contributed by atoms with Crippen LogP contribution < -0.4 is 10.6 Å². The van der Waals surface area contributed by atoms with Gasteiger partial charge in [-0.1, -0.05) is 13.0 Å². The zero-order chi connectivity index (χ0) is 11.4. The summed E-state index contributed by atoms with van der Waals surface area (Å²) < 4.78 is 0. The van der Waals surface area contributed by atoms with Crippen LogP contribution >= 0.6 is 0 Å². The molecular formula is C13H22N2. The van der Waals surface area contributed by atoms with Crippen LogP contribution in [0.1, 0.15) is 18.1 Å². The zero-order valence-corrected chi connectivity index (χ0v) is 10.2. The van der Waals surface area contributed by atoms with E-state index in [1.165, 1.54) is 16.8 Å². The first kappa shape index (κ1) is 12.1. The van der Waals surface area contributed by atoms with Crippen molar-refractivity contribution in [3.8, 4) is 0 Å². The number of hydrogen-bond acceptors (Lipinski definition) is 2. The Bertz CT molecular complexity index is 320. The molecule has 2 nitrogen and oxygen atoms in total. The highest BCUT2D eigenvalue weighted by atomic mass is 15.1. The number of hydrogen-bond donors (Lipinski definition) is 1. The first-order valence-electron chi connectivity index (χ1n) is 5.53. The Morgan fingerprint density at radius 1 is 1.27 bits per heavy atom. The second-order valence-electron chi connectivity index (χ2n) is 4.49. The Labute approximate surface area is 93.1 Å². The van der Waals surface area contributed by atoms with E-state index in [-0.39, 0.29) is 0 Å². The predicted molar refractivity (Wildman–Crippen MR) is 67.4 cm³/mol. The monoisotopic (exact) mass is 206 g/mol. The Morgan fingerprint density at radius 2 is 1.93 bits per heavy atom. The first-order chi connectivity index (χ1) is 7.04. The summed E-state index contributed by atoms with van der Waals surface area (Å²) in [5.74, 6) is 0.539. The zero-order valence-electron chi connectivity index (χ0n) is 10.2. The lowest BCUT2D eigenvalue weighted by Crippen LogP contribution is -2.28. The molecule has 2 heteroatoms. The van der Waals surface area contributed by atoms with Crippen LogP contribution in [0.3, 0.4) is 0 Å². The van der Waals surface area contributed by atoms with Crippen molar-refractivity contribution in [1.29, 1.82) is 0 Å². The van der Waals surface area contributed by atoms with Crippen molar-refractivity contribution in [3.63, 3.8) is 0 Å². The number of benzene rings is 1. The lowest BCUT2D eigenvalue weighted by molar-refractivity contribution is 0.590. The topological polar surface area (TPSA) is 29.3 Å². The normalized spacial score (nSPS) is 12.6. The van der Waals surface area contributed by atoms with Crippen LogP contribution in [-0.4, -0.2) is 20.1 Å². The van der Waals surface area contributed by atoms with Crippen LogP contribution in [0, 0.1) is 19.8 Å². The molecule has 1 unspecified atom stereocenters. The molecule has 0 radical (unpaired) electrons. The molecule has 1 atom stereocenters. The van der Waals surface area contributed by atoms with E-state index in [0.29, 0.717) is 5.92 Å². The van der Waals surface area contributed by atoms with E-state index in [1.54, 1.807) is 0 Å². The maximum absolute atomic E-state index is 5.63. The number of rotatable bonds is 4. The molecule has 0 saturated carbocycles. The van der Waals surface area contributed by atoms with E-state index in [9.17, 15) is 0 Å². The molecule has 15 heavy (non-hydrogen) atoms. The van der Waals surface area contributed by atoms with Crippen LogP contribution in [0.4, 0.5) is 5.69 Å². The summed E-state index contributed by atoms with van der Waals surface area (Å²) in [6.07, 6.45) is 0. The van der Waals surface area contributed by atoms with Crippen molar-refractivity contribution >= 4 is 5.69 Å². The molecule has 0 aliphatic rings. The van der Waals surface area contributed by atoms with Crippen LogP contribution in [0.2, 0.25) is 0 Å². The molecule has 0 amide bonds. The Balaban J connectivity index is 2.73. The minimum atomic E-state index is 0.539. The summed E-state index contributed by atoms with van der Waals surface area (Å²) in [4.78, 5) is 2.27. The molecule has 0 saturated heterocycles. The van der Waals surface area contributed by atoms with Crippen LogP contribution in [0.5, 0.6) is 0 Å². The van der Waals surface area contributed by atoms with Crippen molar-refractivity contribution in [2.45, 2.75) is 20.8 Å². The van der Waals surface area contributed by atoms with E-state index < -0.39 is 0 Å². The molecule has 0 fully saturated rings. The van der Waals surface area contributed by atoms with Gasteiger partial charge in [-0.05, 0) is 49.6 Å². The first-order valence-corrected chi connectivity index (χ1v) is 5.53. The highest BCUT2D eigenvalue weighted by Crippen LogP contribution is 2.18. The summed E-state index contributed by atoms with van der Waals surface area (Å²) in [6, 6.07) is 6.58. The maximum Gasteiger partial charge on any atom is 0.0366 e. The number of aryl methyl sites for hydroxylation is 2. The second-order valence-corrected chi connectivity index (χ2v) is 4.49. The van der Waals surface area contributed by atoms with Gasteiger partial charge in [0.2, 0.25) is 0 Å². The van der Waals surface area contributed by atoms with Crippen LogP contribution in [0.15, 0.2) is 18.2 Å². The molecule has 1 rings (SSSR count). The Morgan fingerprint density at radius 3 is 2.47 bits per heavy atom. The minimum Gasteiger partial charge on any atom is -0.374 e. The van der Waals surface area contributed by atoms with Crippen LogP contribution in [0.25, 0.3) is 0 Å². The third-order valence-electron chi connectivity index (χ3n) is 2.92. The van der Waals surface area contributed by atoms with Gasteiger partial charge in [-0.25, -0.2) is 0 Å². The standard InChI is InChI=1S/C13H22N2/c1-10(8-14)9-15(4)13-6-5-11(2)12(3)7-13/h5-7,10H,8-9,14H2,1-4H3. The van der Waals surface area contributed by atoms with Gasteiger partial charge in [0, 0.05) is 19.3 Å². The fourth-order valence-corrected chi connectivity index (χ4v) is 1.61. The lowest BCUT2D eigenvalue weighted by Gasteiger charge is -2.23. The Kier molecular flexibility index (Phi) is 4.15. The van der Waals surface area contributed by atoms with Gasteiger partial charge >= 0.3 is 0 Å². The number of anilines is 1. The van der Waals surface area contributed by atoms with Crippen molar-refractivity contribution in [2.75, 3.05) is 25.0 Å². The molecule has 2 N–H and O–H groups in total. The molecular weight excluding hydrogens is 184 g/mol. The molecule has 0 spiro atoms. The van der Waals surface area contributed by atoms with E-state index in [2.05, 4.69) is 50.9 Å². The molecule has 1 aromatic rings. The molecule has 0 aromatic heterocycles. The summed E-state index contributed by atoms with van der Waals surface area (Å²) in [7, 11) is 2.12. The van der Waals surface area contributed by atoms with Crippen molar-refractivity contribution in [1.82, 2.24) is 0 Å². The van der Waals surface area contributed by atoms with Crippen LogP contribution in [-0.2, 0) is 0 Å². The summed E-state index contributed by atoms with van der Waals surface area (Å²) in [5, 5.41) is 0. The van der Waals surface area contributed by atoms with Gasteiger partial charge < -0.3 is 10.6 Å². The molecule has 0 bridgehead atoms. The average molecular weight is 206 g/mol. The fourth-order valence-electron chi connectivity index (χ4n) is 1.61. The molecule has 0 aliphatic carbocycles. The summed E-state index contributed by atoms with van der Waals surface area (Å²) in [6.45, 7) is 8.23. The Hall–Kier alpha value is -1.02. The molecule has 0 heterocycles. The molecule has 0 aliphatic heterocycles.